The second kappa shape index (κ2) is 7.79. The van der Waals surface area contributed by atoms with Gasteiger partial charge in [0.25, 0.3) is 0 Å². The van der Waals surface area contributed by atoms with Crippen LogP contribution in [0.25, 0.3) is 11.1 Å². The van der Waals surface area contributed by atoms with Gasteiger partial charge in [0, 0.05) is 19.4 Å². The molecular formula is C24H28N2O4S. The monoisotopic (exact) mass is 440 g/mol. The largest absolute Gasteiger partial charge is 0.381 e. The summed E-state index contributed by atoms with van der Waals surface area (Å²) in [5, 5.41) is 3.37. The quantitative estimate of drug-likeness (QED) is 0.758. The maximum absolute atomic E-state index is 13.2. The van der Waals surface area contributed by atoms with Crippen LogP contribution in [0.4, 0.5) is 11.4 Å². The Hall–Kier alpha value is -2.67. The fourth-order valence-electron chi connectivity index (χ4n) is 4.51. The van der Waals surface area contributed by atoms with Crippen LogP contribution in [0.2, 0.25) is 0 Å². The number of sulfone groups is 1. The van der Waals surface area contributed by atoms with Crippen molar-refractivity contribution < 1.29 is 18.0 Å². The van der Waals surface area contributed by atoms with Crippen molar-refractivity contribution in [2.24, 2.45) is 5.92 Å². The van der Waals surface area contributed by atoms with E-state index in [1.165, 1.54) is 6.92 Å². The average molecular weight is 441 g/mol. The highest BCUT2D eigenvalue weighted by Gasteiger charge is 2.48. The highest BCUT2D eigenvalue weighted by molar-refractivity contribution is 7.91. The fraction of sp³-hybridized carbons (Fsp3) is 0.417. The number of rotatable bonds is 5. The van der Waals surface area contributed by atoms with Crippen LogP contribution in [0.1, 0.15) is 40.0 Å². The number of hydrogen-bond acceptors (Lipinski definition) is 5. The highest BCUT2D eigenvalue weighted by Crippen LogP contribution is 2.42. The van der Waals surface area contributed by atoms with Crippen molar-refractivity contribution in [1.29, 1.82) is 0 Å². The Kier molecular flexibility index (Phi) is 5.41. The third-order valence-corrected chi connectivity index (χ3v) is 8.35. The van der Waals surface area contributed by atoms with Gasteiger partial charge in [0.2, 0.25) is 5.91 Å². The lowest BCUT2D eigenvalue weighted by Crippen LogP contribution is -2.63. The second-order valence-electron chi connectivity index (χ2n) is 8.63. The number of carbonyl (C=O) groups is 2. The fourth-order valence-corrected chi connectivity index (χ4v) is 5.39. The molecule has 164 valence electrons. The molecule has 0 saturated heterocycles. The first-order valence-electron chi connectivity index (χ1n) is 10.7. The topological polar surface area (TPSA) is 83.6 Å². The lowest BCUT2D eigenvalue weighted by atomic mass is 9.73. The number of amides is 1. The zero-order valence-corrected chi connectivity index (χ0v) is 19.0. The molecule has 1 aliphatic heterocycles. The van der Waals surface area contributed by atoms with Crippen LogP contribution >= 0.6 is 0 Å². The molecule has 2 aromatic rings. The summed E-state index contributed by atoms with van der Waals surface area (Å²) in [7, 11) is -3.24. The van der Waals surface area contributed by atoms with Gasteiger partial charge in [-0.05, 0) is 55.2 Å². The van der Waals surface area contributed by atoms with Crippen LogP contribution in [-0.4, -0.2) is 37.9 Å². The normalized spacial score (nSPS) is 21.1. The minimum absolute atomic E-state index is 0.0346. The molecule has 6 nitrogen and oxygen atoms in total. The van der Waals surface area contributed by atoms with Gasteiger partial charge in [-0.2, -0.15) is 0 Å². The zero-order chi connectivity index (χ0) is 22.4. The van der Waals surface area contributed by atoms with E-state index in [0.29, 0.717) is 17.1 Å². The molecule has 1 aliphatic carbocycles. The van der Waals surface area contributed by atoms with Gasteiger partial charge in [0.15, 0.2) is 15.6 Å². The average Bonchev–Trinajstić information content (AvgIpc) is 2.71. The maximum atomic E-state index is 13.2. The molecule has 0 aromatic heterocycles. The Morgan fingerprint density at radius 3 is 2.29 bits per heavy atom. The van der Waals surface area contributed by atoms with E-state index in [1.807, 2.05) is 25.1 Å². The van der Waals surface area contributed by atoms with E-state index in [-0.39, 0.29) is 23.4 Å². The summed E-state index contributed by atoms with van der Waals surface area (Å²) in [6, 6.07) is 12.5. The highest BCUT2D eigenvalue weighted by atomic mass is 32.2. The van der Waals surface area contributed by atoms with E-state index in [0.717, 1.165) is 36.1 Å². The summed E-state index contributed by atoms with van der Waals surface area (Å²) in [5.74, 6) is 0.0741. The van der Waals surface area contributed by atoms with Crippen LogP contribution in [-0.2, 0) is 19.4 Å². The summed E-state index contributed by atoms with van der Waals surface area (Å²) in [6.07, 6.45) is 2.86. The number of anilines is 2. The van der Waals surface area contributed by atoms with Crippen LogP contribution in [0.3, 0.4) is 0 Å². The van der Waals surface area contributed by atoms with Gasteiger partial charge in [0.05, 0.1) is 22.0 Å². The summed E-state index contributed by atoms with van der Waals surface area (Å²) >= 11 is 0. The van der Waals surface area contributed by atoms with E-state index < -0.39 is 15.4 Å². The Morgan fingerprint density at radius 1 is 1.10 bits per heavy atom. The first kappa shape index (κ1) is 21.6. The van der Waals surface area contributed by atoms with Crippen molar-refractivity contribution in [3.05, 3.63) is 42.5 Å². The van der Waals surface area contributed by atoms with Gasteiger partial charge in [0.1, 0.15) is 5.54 Å². The summed E-state index contributed by atoms with van der Waals surface area (Å²) in [6.45, 7) is 5.35. The molecule has 1 N–H and O–H groups in total. The van der Waals surface area contributed by atoms with E-state index in [1.54, 1.807) is 36.1 Å². The van der Waals surface area contributed by atoms with Crippen molar-refractivity contribution in [1.82, 2.24) is 0 Å². The Balaban J connectivity index is 1.68. The number of carbonyl (C=O) groups excluding carboxylic acids is 2. The van der Waals surface area contributed by atoms with E-state index in [2.05, 4.69) is 5.32 Å². The molecule has 1 heterocycles. The van der Waals surface area contributed by atoms with Gasteiger partial charge in [-0.15, -0.1) is 0 Å². The van der Waals surface area contributed by atoms with Gasteiger partial charge in [-0.1, -0.05) is 31.5 Å². The number of fused-ring (bicyclic) bond motifs is 1. The van der Waals surface area contributed by atoms with Crippen molar-refractivity contribution in [2.75, 3.05) is 22.5 Å². The number of benzene rings is 2. The third-order valence-electron chi connectivity index (χ3n) is 6.60. The molecule has 31 heavy (non-hydrogen) atoms. The Labute approximate surface area is 183 Å². The third kappa shape index (κ3) is 3.65. The van der Waals surface area contributed by atoms with E-state index >= 15 is 0 Å². The number of nitrogens with zero attached hydrogens (tertiary/aromatic N) is 1. The molecule has 4 rings (SSSR count). The lowest BCUT2D eigenvalue weighted by Gasteiger charge is -2.47. The van der Waals surface area contributed by atoms with Crippen LogP contribution in [0, 0.1) is 5.92 Å². The van der Waals surface area contributed by atoms with Crippen LogP contribution in [0.15, 0.2) is 47.4 Å². The molecule has 0 spiro atoms. The van der Waals surface area contributed by atoms with Gasteiger partial charge >= 0.3 is 0 Å². The van der Waals surface area contributed by atoms with Crippen molar-refractivity contribution in [2.45, 2.75) is 50.5 Å². The standard InChI is InChI=1S/C24H28N2O4S/c1-4-31(29,30)20-11-8-17(9-12-20)19-10-13-22-21(14-19)25-15-24(3,26(22)16(2)27)23(28)18-6-5-7-18/h8-14,18,25H,4-7,15H2,1-3H3/t24-/m0/s1. The second-order valence-corrected chi connectivity index (χ2v) is 10.9. The van der Waals surface area contributed by atoms with Crippen molar-refractivity contribution in [3.63, 3.8) is 0 Å². The van der Waals surface area contributed by atoms with Gasteiger partial charge < -0.3 is 5.32 Å². The molecular weight excluding hydrogens is 412 g/mol. The number of nitrogens with one attached hydrogen (secondary N) is 1. The predicted octanol–water partition coefficient (Wildman–Crippen LogP) is 4.05. The minimum atomic E-state index is -3.24. The van der Waals surface area contributed by atoms with Crippen molar-refractivity contribution in [3.8, 4) is 11.1 Å². The summed E-state index contributed by atoms with van der Waals surface area (Å²) in [4.78, 5) is 27.7. The van der Waals surface area contributed by atoms with E-state index in [4.69, 9.17) is 0 Å². The van der Waals surface area contributed by atoms with Gasteiger partial charge in [-0.25, -0.2) is 8.42 Å². The molecule has 2 aromatic carbocycles. The maximum Gasteiger partial charge on any atom is 0.224 e. The molecule has 0 bridgehead atoms. The van der Waals surface area contributed by atoms with E-state index in [9.17, 15) is 18.0 Å². The molecule has 0 radical (unpaired) electrons. The molecule has 7 heteroatoms. The smallest absolute Gasteiger partial charge is 0.224 e. The van der Waals surface area contributed by atoms with Crippen LogP contribution < -0.4 is 10.2 Å². The first-order valence-corrected chi connectivity index (χ1v) is 12.4. The Morgan fingerprint density at radius 2 is 1.74 bits per heavy atom. The molecule has 0 unspecified atom stereocenters. The van der Waals surface area contributed by atoms with Gasteiger partial charge in [-0.3, -0.25) is 14.5 Å². The lowest BCUT2D eigenvalue weighted by molar-refractivity contribution is -0.132. The molecule has 2 aliphatic rings. The number of hydrogen-bond donors (Lipinski definition) is 1. The SMILES string of the molecule is CCS(=O)(=O)c1ccc(-c2ccc3c(c2)NC[C@@](C)(C(=O)C2CCC2)N3C(C)=O)cc1. The number of Topliss-reactive ketones (excluding diaryl/α,β-unsaturated/α-hetero) is 1. The predicted molar refractivity (Wildman–Crippen MR) is 122 cm³/mol. The van der Waals surface area contributed by atoms with Crippen LogP contribution in [0.5, 0.6) is 0 Å². The first-order chi connectivity index (χ1) is 14.7. The summed E-state index contributed by atoms with van der Waals surface area (Å²) in [5.41, 5.74) is 2.37. The molecule has 1 amide bonds. The molecule has 1 fully saturated rings. The molecule has 1 atom stereocenters. The summed E-state index contributed by atoms with van der Waals surface area (Å²) < 4.78 is 24.1. The Bertz CT molecular complexity index is 1140. The zero-order valence-electron chi connectivity index (χ0n) is 18.1. The molecule has 1 saturated carbocycles. The van der Waals surface area contributed by atoms with Crippen molar-refractivity contribution >= 4 is 32.9 Å². The minimum Gasteiger partial charge on any atom is -0.381 e. The number of ketones is 1.